The molecule has 3 heteroatoms. The zero-order chi connectivity index (χ0) is 13.0. The topological polar surface area (TPSA) is 17.3 Å². The van der Waals surface area contributed by atoms with Crippen LogP contribution in [0.4, 0.5) is 0 Å². The Morgan fingerprint density at radius 2 is 1.84 bits per heavy atom. The molecule has 4 rings (SSSR count). The molecule has 2 heterocycles. The van der Waals surface area contributed by atoms with Crippen molar-refractivity contribution in [2.75, 3.05) is 0 Å². The molecule has 2 aromatic heterocycles. The number of benzene rings is 2. The average Bonchev–Trinajstić information content (AvgIpc) is 2.73. The van der Waals surface area contributed by atoms with E-state index in [9.17, 15) is 0 Å². The summed E-state index contributed by atoms with van der Waals surface area (Å²) >= 11 is 6.04. The number of rotatable bonds is 0. The van der Waals surface area contributed by atoms with Gasteiger partial charge in [0.05, 0.1) is 28.3 Å². The zero-order valence-electron chi connectivity index (χ0n) is 10.4. The molecule has 0 unspecified atom stereocenters. The monoisotopic (exact) mass is 266 g/mol. The maximum Gasteiger partial charge on any atom is 0.0885 e. The quantitative estimate of drug-likeness (QED) is 0.455. The van der Waals surface area contributed by atoms with Crippen LogP contribution in [0, 0.1) is 6.92 Å². The van der Waals surface area contributed by atoms with Gasteiger partial charge in [0.25, 0.3) is 0 Å². The highest BCUT2D eigenvalue weighted by molar-refractivity contribution is 6.31. The largest absolute Gasteiger partial charge is 0.306 e. The number of nitrogens with zero attached hydrogens (tertiary/aromatic N) is 2. The Hall–Kier alpha value is -2.06. The minimum Gasteiger partial charge on any atom is -0.306 e. The van der Waals surface area contributed by atoms with Crippen molar-refractivity contribution in [2.24, 2.45) is 0 Å². The number of fused-ring (bicyclic) bond motifs is 5. The van der Waals surface area contributed by atoms with Crippen molar-refractivity contribution in [3.05, 3.63) is 59.2 Å². The number of aromatic nitrogens is 2. The predicted octanol–water partition coefficient (Wildman–Crippen LogP) is 4.60. The van der Waals surface area contributed by atoms with E-state index in [1.807, 2.05) is 24.4 Å². The van der Waals surface area contributed by atoms with E-state index in [-0.39, 0.29) is 0 Å². The molecule has 0 saturated heterocycles. The van der Waals surface area contributed by atoms with Crippen LogP contribution in [0.25, 0.3) is 27.5 Å². The van der Waals surface area contributed by atoms with Crippen molar-refractivity contribution >= 4 is 39.1 Å². The van der Waals surface area contributed by atoms with E-state index in [4.69, 9.17) is 11.6 Å². The Kier molecular flexibility index (Phi) is 2.12. The fourth-order valence-electron chi connectivity index (χ4n) is 2.76. The summed E-state index contributed by atoms with van der Waals surface area (Å²) in [5, 5.41) is 1.99. The van der Waals surface area contributed by atoms with Crippen molar-refractivity contribution in [3.63, 3.8) is 0 Å². The van der Waals surface area contributed by atoms with Crippen LogP contribution in [0.15, 0.2) is 48.7 Å². The molecule has 2 nitrogen and oxygen atoms in total. The number of aryl methyl sites for hydroxylation is 1. The minimum absolute atomic E-state index is 0.715. The van der Waals surface area contributed by atoms with E-state index in [0.29, 0.717) is 5.02 Å². The summed E-state index contributed by atoms with van der Waals surface area (Å²) in [5.41, 5.74) is 5.63. The van der Waals surface area contributed by atoms with E-state index in [1.54, 1.807) is 0 Å². The molecule has 0 bridgehead atoms. The second-order valence-electron chi connectivity index (χ2n) is 4.75. The molecule has 0 aliphatic rings. The Bertz CT molecular complexity index is 938. The van der Waals surface area contributed by atoms with Crippen LogP contribution < -0.4 is 0 Å². The summed E-state index contributed by atoms with van der Waals surface area (Å²) in [6.07, 6.45) is 1.92. The third-order valence-electron chi connectivity index (χ3n) is 3.68. The molecular weight excluding hydrogens is 256 g/mol. The molecule has 0 amide bonds. The second kappa shape index (κ2) is 3.72. The first-order chi connectivity index (χ1) is 9.25. The van der Waals surface area contributed by atoms with Crippen LogP contribution in [-0.2, 0) is 0 Å². The first-order valence-corrected chi connectivity index (χ1v) is 6.57. The van der Waals surface area contributed by atoms with Crippen LogP contribution in [0.1, 0.15) is 5.56 Å². The Morgan fingerprint density at radius 1 is 1.00 bits per heavy atom. The highest BCUT2D eigenvalue weighted by atomic mass is 35.5. The van der Waals surface area contributed by atoms with E-state index in [0.717, 1.165) is 16.6 Å². The maximum atomic E-state index is 6.04. The third-order valence-corrected chi connectivity index (χ3v) is 3.91. The maximum absolute atomic E-state index is 6.04. The summed E-state index contributed by atoms with van der Waals surface area (Å²) in [4.78, 5) is 4.52. The van der Waals surface area contributed by atoms with Gasteiger partial charge in [-0.05, 0) is 36.8 Å². The number of para-hydroxylation sites is 1. The van der Waals surface area contributed by atoms with Crippen LogP contribution >= 0.6 is 11.6 Å². The molecule has 0 aliphatic heterocycles. The van der Waals surface area contributed by atoms with Gasteiger partial charge in [-0.1, -0.05) is 29.8 Å². The van der Waals surface area contributed by atoms with Crippen molar-refractivity contribution in [1.82, 2.24) is 9.38 Å². The molecule has 2 aromatic carbocycles. The van der Waals surface area contributed by atoms with Gasteiger partial charge in [-0.15, -0.1) is 0 Å². The first kappa shape index (κ1) is 10.8. The fourth-order valence-corrected chi connectivity index (χ4v) is 2.92. The van der Waals surface area contributed by atoms with Crippen LogP contribution in [0.5, 0.6) is 0 Å². The van der Waals surface area contributed by atoms with Gasteiger partial charge in [0, 0.05) is 10.4 Å². The lowest BCUT2D eigenvalue weighted by Crippen LogP contribution is -1.90. The smallest absolute Gasteiger partial charge is 0.0885 e. The molecule has 0 fully saturated rings. The molecular formula is C16H11ClN2. The summed E-state index contributed by atoms with van der Waals surface area (Å²) in [7, 11) is 0. The van der Waals surface area contributed by atoms with Crippen molar-refractivity contribution in [2.45, 2.75) is 6.92 Å². The molecule has 0 saturated carbocycles. The van der Waals surface area contributed by atoms with Crippen LogP contribution in [0.3, 0.4) is 0 Å². The number of halogens is 1. The molecule has 4 aromatic rings. The van der Waals surface area contributed by atoms with Crippen molar-refractivity contribution in [1.29, 1.82) is 0 Å². The van der Waals surface area contributed by atoms with Crippen molar-refractivity contribution in [3.8, 4) is 0 Å². The molecule has 0 radical (unpaired) electrons. The van der Waals surface area contributed by atoms with Gasteiger partial charge in [-0.3, -0.25) is 4.98 Å². The van der Waals surface area contributed by atoms with Gasteiger partial charge in [0.1, 0.15) is 0 Å². The van der Waals surface area contributed by atoms with Gasteiger partial charge in [0.2, 0.25) is 0 Å². The lowest BCUT2D eigenvalue weighted by atomic mass is 10.2. The second-order valence-corrected chi connectivity index (χ2v) is 5.19. The van der Waals surface area contributed by atoms with E-state index in [1.165, 1.54) is 16.5 Å². The average molecular weight is 267 g/mol. The number of hydrogen-bond donors (Lipinski definition) is 0. The Balaban J connectivity index is 2.36. The van der Waals surface area contributed by atoms with Gasteiger partial charge in [-0.25, -0.2) is 0 Å². The van der Waals surface area contributed by atoms with E-state index in [2.05, 4.69) is 40.6 Å². The number of hydrogen-bond acceptors (Lipinski definition) is 1. The first-order valence-electron chi connectivity index (χ1n) is 6.20. The Morgan fingerprint density at radius 3 is 2.74 bits per heavy atom. The zero-order valence-corrected chi connectivity index (χ0v) is 11.1. The van der Waals surface area contributed by atoms with E-state index >= 15 is 0 Å². The lowest BCUT2D eigenvalue weighted by Gasteiger charge is -2.04. The highest BCUT2D eigenvalue weighted by Crippen LogP contribution is 2.29. The third kappa shape index (κ3) is 1.41. The normalized spacial score (nSPS) is 11.7. The van der Waals surface area contributed by atoms with Gasteiger partial charge >= 0.3 is 0 Å². The summed E-state index contributed by atoms with van der Waals surface area (Å²) in [6.45, 7) is 2.14. The van der Waals surface area contributed by atoms with Gasteiger partial charge in [-0.2, -0.15) is 0 Å². The lowest BCUT2D eigenvalue weighted by molar-refractivity contribution is 1.26. The van der Waals surface area contributed by atoms with E-state index < -0.39 is 0 Å². The summed E-state index contributed by atoms with van der Waals surface area (Å²) < 4.78 is 2.25. The van der Waals surface area contributed by atoms with Crippen LogP contribution in [-0.4, -0.2) is 9.38 Å². The summed E-state index contributed by atoms with van der Waals surface area (Å²) in [5.74, 6) is 0. The van der Waals surface area contributed by atoms with Crippen LogP contribution in [0.2, 0.25) is 5.02 Å². The molecule has 0 atom stereocenters. The predicted molar refractivity (Wildman–Crippen MR) is 80.0 cm³/mol. The minimum atomic E-state index is 0.715. The van der Waals surface area contributed by atoms with Gasteiger partial charge < -0.3 is 4.40 Å². The molecule has 92 valence electrons. The van der Waals surface area contributed by atoms with Crippen molar-refractivity contribution < 1.29 is 0 Å². The molecule has 0 N–H and O–H groups in total. The molecule has 0 spiro atoms. The van der Waals surface area contributed by atoms with Gasteiger partial charge in [0.15, 0.2) is 0 Å². The Labute approximate surface area is 115 Å². The SMILES string of the molecule is Cc1c2ccccc2n2c1cnc1cc(Cl)ccc12. The molecule has 0 aliphatic carbocycles. The fraction of sp³-hybridized carbons (Fsp3) is 0.0625. The standard InChI is InChI=1S/C16H11ClN2/c1-10-12-4-2-3-5-14(12)19-15-7-6-11(17)8-13(15)18-9-16(10)19/h2-9H,1H3. The highest BCUT2D eigenvalue weighted by Gasteiger charge is 2.10. The summed E-state index contributed by atoms with van der Waals surface area (Å²) in [6, 6.07) is 14.3. The molecule has 19 heavy (non-hydrogen) atoms.